The topological polar surface area (TPSA) is 0 Å². The highest BCUT2D eigenvalue weighted by molar-refractivity contribution is 8.77. The Labute approximate surface area is 98.4 Å². The SMILES string of the molecule is CCCC(CC)SSC(CC)CCC. The Morgan fingerprint density at radius 1 is 0.714 bits per heavy atom. The normalized spacial score (nSPS) is 15.4. The van der Waals surface area contributed by atoms with Crippen LogP contribution in [0.3, 0.4) is 0 Å². The fourth-order valence-corrected chi connectivity index (χ4v) is 5.03. The van der Waals surface area contributed by atoms with Crippen molar-refractivity contribution in [1.29, 1.82) is 0 Å². The van der Waals surface area contributed by atoms with Crippen LogP contribution in [0.1, 0.15) is 66.2 Å². The van der Waals surface area contributed by atoms with Gasteiger partial charge in [0.25, 0.3) is 0 Å². The smallest absolute Gasteiger partial charge is 0.0148 e. The van der Waals surface area contributed by atoms with E-state index in [4.69, 9.17) is 0 Å². The zero-order chi connectivity index (χ0) is 10.8. The lowest BCUT2D eigenvalue weighted by atomic mass is 10.2. The first-order valence-electron chi connectivity index (χ1n) is 6.10. The predicted molar refractivity (Wildman–Crippen MR) is 73.2 cm³/mol. The van der Waals surface area contributed by atoms with Crippen LogP contribution in [0.5, 0.6) is 0 Å². The van der Waals surface area contributed by atoms with Gasteiger partial charge >= 0.3 is 0 Å². The Hall–Kier alpha value is 0.700. The second-order valence-corrected chi connectivity index (χ2v) is 6.70. The third-order valence-corrected chi connectivity index (χ3v) is 6.22. The van der Waals surface area contributed by atoms with Crippen molar-refractivity contribution >= 4 is 21.6 Å². The molecule has 0 aliphatic carbocycles. The lowest BCUT2D eigenvalue weighted by Crippen LogP contribution is -2.02. The minimum atomic E-state index is 0.885. The summed E-state index contributed by atoms with van der Waals surface area (Å²) in [6, 6.07) is 0. The summed E-state index contributed by atoms with van der Waals surface area (Å²) in [5.74, 6) is 0. The number of rotatable bonds is 9. The van der Waals surface area contributed by atoms with E-state index in [2.05, 4.69) is 49.3 Å². The molecule has 0 aromatic rings. The minimum Gasteiger partial charge on any atom is -0.0905 e. The van der Waals surface area contributed by atoms with Gasteiger partial charge in [0.15, 0.2) is 0 Å². The molecule has 0 fully saturated rings. The Balaban J connectivity index is 3.63. The molecular weight excluding hydrogens is 208 g/mol. The molecular formula is C12H26S2. The molecule has 0 amide bonds. The second kappa shape index (κ2) is 10.2. The van der Waals surface area contributed by atoms with E-state index in [-0.39, 0.29) is 0 Å². The van der Waals surface area contributed by atoms with Crippen LogP contribution in [-0.2, 0) is 0 Å². The Morgan fingerprint density at radius 3 is 1.29 bits per heavy atom. The zero-order valence-electron chi connectivity index (χ0n) is 10.2. The molecule has 0 heterocycles. The highest BCUT2D eigenvalue weighted by Crippen LogP contribution is 2.37. The van der Waals surface area contributed by atoms with E-state index >= 15 is 0 Å². The molecule has 2 atom stereocenters. The van der Waals surface area contributed by atoms with Gasteiger partial charge in [0.1, 0.15) is 0 Å². The molecule has 0 N–H and O–H groups in total. The minimum absolute atomic E-state index is 0.885. The molecule has 0 aliphatic heterocycles. The summed E-state index contributed by atoms with van der Waals surface area (Å²) in [5, 5.41) is 1.77. The van der Waals surface area contributed by atoms with Crippen molar-refractivity contribution in [2.45, 2.75) is 76.7 Å². The first-order valence-corrected chi connectivity index (χ1v) is 8.38. The van der Waals surface area contributed by atoms with Gasteiger partial charge in [-0.3, -0.25) is 0 Å². The van der Waals surface area contributed by atoms with Gasteiger partial charge in [0.05, 0.1) is 0 Å². The monoisotopic (exact) mass is 234 g/mol. The summed E-state index contributed by atoms with van der Waals surface area (Å²) in [6.07, 6.45) is 8.09. The van der Waals surface area contributed by atoms with Crippen LogP contribution in [0, 0.1) is 0 Å². The molecule has 0 spiro atoms. The maximum Gasteiger partial charge on any atom is 0.0148 e. The largest absolute Gasteiger partial charge is 0.0905 e. The van der Waals surface area contributed by atoms with Crippen LogP contribution in [0.4, 0.5) is 0 Å². The number of hydrogen-bond acceptors (Lipinski definition) is 2. The highest BCUT2D eigenvalue weighted by Gasteiger charge is 2.11. The Kier molecular flexibility index (Phi) is 10.7. The van der Waals surface area contributed by atoms with E-state index < -0.39 is 0 Å². The van der Waals surface area contributed by atoms with Crippen LogP contribution < -0.4 is 0 Å². The second-order valence-electron chi connectivity index (χ2n) is 3.83. The molecule has 2 unspecified atom stereocenters. The van der Waals surface area contributed by atoms with E-state index in [1.165, 1.54) is 38.5 Å². The Bertz CT molecular complexity index is 101. The van der Waals surface area contributed by atoms with E-state index in [9.17, 15) is 0 Å². The third kappa shape index (κ3) is 7.05. The van der Waals surface area contributed by atoms with Crippen molar-refractivity contribution in [1.82, 2.24) is 0 Å². The molecule has 2 heteroatoms. The molecule has 0 saturated carbocycles. The predicted octanol–water partition coefficient (Wildman–Crippen LogP) is 5.53. The average molecular weight is 234 g/mol. The molecule has 0 aliphatic rings. The van der Waals surface area contributed by atoms with Crippen molar-refractivity contribution < 1.29 is 0 Å². The summed E-state index contributed by atoms with van der Waals surface area (Å²) in [7, 11) is 4.27. The van der Waals surface area contributed by atoms with Crippen LogP contribution in [0.2, 0.25) is 0 Å². The van der Waals surface area contributed by atoms with Gasteiger partial charge in [-0.15, -0.1) is 0 Å². The summed E-state index contributed by atoms with van der Waals surface area (Å²) in [5.41, 5.74) is 0. The van der Waals surface area contributed by atoms with Crippen molar-refractivity contribution in [3.8, 4) is 0 Å². The van der Waals surface area contributed by atoms with Gasteiger partial charge in [-0.05, 0) is 25.7 Å². The molecule has 0 saturated heterocycles. The van der Waals surface area contributed by atoms with E-state index in [1.54, 1.807) is 0 Å². The standard InChI is InChI=1S/C12H26S2/c1-5-9-11(7-3)13-14-12(8-4)10-6-2/h11-12H,5-10H2,1-4H3. The van der Waals surface area contributed by atoms with Gasteiger partial charge in [-0.2, -0.15) is 0 Å². The highest BCUT2D eigenvalue weighted by atomic mass is 33.1. The first-order chi connectivity index (χ1) is 6.78. The van der Waals surface area contributed by atoms with Crippen LogP contribution >= 0.6 is 21.6 Å². The summed E-state index contributed by atoms with van der Waals surface area (Å²) >= 11 is 0. The van der Waals surface area contributed by atoms with Gasteiger partial charge in [-0.25, -0.2) is 0 Å². The van der Waals surface area contributed by atoms with E-state index in [0.717, 1.165) is 10.5 Å². The van der Waals surface area contributed by atoms with Crippen molar-refractivity contribution in [2.24, 2.45) is 0 Å². The molecule has 0 nitrogen and oxygen atoms in total. The molecule has 86 valence electrons. The summed E-state index contributed by atoms with van der Waals surface area (Å²) < 4.78 is 0. The van der Waals surface area contributed by atoms with Crippen molar-refractivity contribution in [3.05, 3.63) is 0 Å². The average Bonchev–Trinajstić information content (AvgIpc) is 2.22. The molecule has 0 rings (SSSR count). The van der Waals surface area contributed by atoms with Crippen molar-refractivity contribution in [2.75, 3.05) is 0 Å². The van der Waals surface area contributed by atoms with Gasteiger partial charge in [0, 0.05) is 10.5 Å². The molecule has 0 aromatic carbocycles. The first kappa shape index (κ1) is 14.7. The van der Waals surface area contributed by atoms with Crippen molar-refractivity contribution in [3.63, 3.8) is 0 Å². The van der Waals surface area contributed by atoms with Crippen LogP contribution in [0.15, 0.2) is 0 Å². The lowest BCUT2D eigenvalue weighted by molar-refractivity contribution is 0.717. The third-order valence-electron chi connectivity index (χ3n) is 2.46. The van der Waals surface area contributed by atoms with Gasteiger partial charge in [-0.1, -0.05) is 62.1 Å². The summed E-state index contributed by atoms with van der Waals surface area (Å²) in [4.78, 5) is 0. The maximum atomic E-state index is 2.31. The van der Waals surface area contributed by atoms with Gasteiger partial charge < -0.3 is 0 Å². The van der Waals surface area contributed by atoms with E-state index in [1.807, 2.05) is 0 Å². The zero-order valence-corrected chi connectivity index (χ0v) is 11.8. The fraction of sp³-hybridized carbons (Fsp3) is 1.00. The Morgan fingerprint density at radius 2 is 1.07 bits per heavy atom. The molecule has 0 aromatic heterocycles. The number of hydrogen-bond donors (Lipinski definition) is 0. The van der Waals surface area contributed by atoms with Gasteiger partial charge in [0.2, 0.25) is 0 Å². The lowest BCUT2D eigenvalue weighted by Gasteiger charge is -2.17. The molecule has 0 bridgehead atoms. The quantitative estimate of drug-likeness (QED) is 0.481. The molecule has 0 radical (unpaired) electrons. The summed E-state index contributed by atoms with van der Waals surface area (Å²) in [6.45, 7) is 9.21. The van der Waals surface area contributed by atoms with Crippen LogP contribution in [-0.4, -0.2) is 10.5 Å². The maximum absolute atomic E-state index is 2.31. The molecule has 14 heavy (non-hydrogen) atoms. The van der Waals surface area contributed by atoms with E-state index in [0.29, 0.717) is 0 Å². The van der Waals surface area contributed by atoms with Crippen LogP contribution in [0.25, 0.3) is 0 Å². The fourth-order valence-electron chi connectivity index (χ4n) is 1.44.